The number of carbonyl (C=O) groups is 2. The number of piperidine rings is 1. The van der Waals surface area contributed by atoms with Crippen LogP contribution in [0.25, 0.3) is 0 Å². The first-order chi connectivity index (χ1) is 9.54. The van der Waals surface area contributed by atoms with Crippen molar-refractivity contribution in [3.8, 4) is 0 Å². The van der Waals surface area contributed by atoms with E-state index in [0.29, 0.717) is 6.54 Å². The third-order valence-corrected chi connectivity index (χ3v) is 4.19. The summed E-state index contributed by atoms with van der Waals surface area (Å²) in [6.07, 6.45) is 1.72. The minimum absolute atomic E-state index is 0.00593. The molecule has 0 aliphatic carbocycles. The molecule has 1 aliphatic rings. The van der Waals surface area contributed by atoms with Crippen LogP contribution in [0.3, 0.4) is 0 Å². The van der Waals surface area contributed by atoms with Crippen LogP contribution in [0.4, 0.5) is 5.69 Å². The van der Waals surface area contributed by atoms with Gasteiger partial charge in [0.1, 0.15) is 5.78 Å². The fraction of sp³-hybridized carbons (Fsp3) is 0.467. The van der Waals surface area contributed by atoms with Gasteiger partial charge in [0.25, 0.3) is 0 Å². The van der Waals surface area contributed by atoms with Gasteiger partial charge in [-0.05, 0) is 57.1 Å². The lowest BCUT2D eigenvalue weighted by atomic mass is 9.93. The summed E-state index contributed by atoms with van der Waals surface area (Å²) in [6.45, 7) is 3.68. The van der Waals surface area contributed by atoms with Crippen LogP contribution in [0.2, 0.25) is 0 Å². The quantitative estimate of drug-likeness (QED) is 0.918. The molecule has 1 N–H and O–H groups in total. The standard InChI is InChI=1S/C15H19BrN2O2/c1-11(19)12-6-8-18(9-7-12)10-15(20)17-14-4-2-13(16)3-5-14/h2-5,12H,6-10H2,1H3,(H,17,20). The number of anilines is 1. The fourth-order valence-corrected chi connectivity index (χ4v) is 2.70. The lowest BCUT2D eigenvalue weighted by Crippen LogP contribution is -2.40. The van der Waals surface area contributed by atoms with E-state index in [1.807, 2.05) is 24.3 Å². The summed E-state index contributed by atoms with van der Waals surface area (Å²) in [7, 11) is 0. The van der Waals surface area contributed by atoms with Crippen LogP contribution in [-0.4, -0.2) is 36.2 Å². The Balaban J connectivity index is 1.78. The topological polar surface area (TPSA) is 49.4 Å². The summed E-state index contributed by atoms with van der Waals surface area (Å²) >= 11 is 3.36. The van der Waals surface area contributed by atoms with Crippen molar-refractivity contribution in [2.75, 3.05) is 25.0 Å². The molecule has 0 atom stereocenters. The number of carbonyl (C=O) groups excluding carboxylic acids is 2. The van der Waals surface area contributed by atoms with Crippen LogP contribution in [-0.2, 0) is 9.59 Å². The second-order valence-corrected chi connectivity index (χ2v) is 6.13. The number of likely N-dealkylation sites (tertiary alicyclic amines) is 1. The zero-order valence-corrected chi connectivity index (χ0v) is 13.1. The van der Waals surface area contributed by atoms with Crippen LogP contribution < -0.4 is 5.32 Å². The van der Waals surface area contributed by atoms with E-state index in [4.69, 9.17) is 0 Å². The summed E-state index contributed by atoms with van der Waals surface area (Å²) < 4.78 is 0.988. The van der Waals surface area contributed by atoms with Crippen molar-refractivity contribution in [3.05, 3.63) is 28.7 Å². The van der Waals surface area contributed by atoms with Crippen molar-refractivity contribution >= 4 is 33.3 Å². The zero-order valence-electron chi connectivity index (χ0n) is 11.6. The van der Waals surface area contributed by atoms with Gasteiger partial charge in [-0.25, -0.2) is 0 Å². The lowest BCUT2D eigenvalue weighted by Gasteiger charge is -2.30. The van der Waals surface area contributed by atoms with Gasteiger partial charge in [0.15, 0.2) is 0 Å². The van der Waals surface area contributed by atoms with Crippen molar-refractivity contribution in [2.24, 2.45) is 5.92 Å². The summed E-state index contributed by atoms with van der Waals surface area (Å²) in [4.78, 5) is 25.3. The van der Waals surface area contributed by atoms with Crippen LogP contribution in [0, 0.1) is 5.92 Å². The second-order valence-electron chi connectivity index (χ2n) is 5.22. The van der Waals surface area contributed by atoms with Gasteiger partial charge in [-0.2, -0.15) is 0 Å². The monoisotopic (exact) mass is 338 g/mol. The van der Waals surface area contributed by atoms with Crippen LogP contribution >= 0.6 is 15.9 Å². The second kappa shape index (κ2) is 6.99. The molecule has 108 valence electrons. The first kappa shape index (κ1) is 15.2. The van der Waals surface area contributed by atoms with Crippen LogP contribution in [0.15, 0.2) is 28.7 Å². The highest BCUT2D eigenvalue weighted by Gasteiger charge is 2.23. The van der Waals surface area contributed by atoms with E-state index in [2.05, 4.69) is 26.1 Å². The molecule has 1 aromatic rings. The van der Waals surface area contributed by atoms with Gasteiger partial charge >= 0.3 is 0 Å². The number of benzene rings is 1. The van der Waals surface area contributed by atoms with Gasteiger partial charge in [0, 0.05) is 16.1 Å². The van der Waals surface area contributed by atoms with E-state index < -0.39 is 0 Å². The van der Waals surface area contributed by atoms with Crippen molar-refractivity contribution < 1.29 is 9.59 Å². The van der Waals surface area contributed by atoms with E-state index >= 15 is 0 Å². The first-order valence-corrected chi connectivity index (χ1v) is 7.62. The minimum atomic E-state index is -0.00593. The number of ketones is 1. The highest BCUT2D eigenvalue weighted by Crippen LogP contribution is 2.18. The lowest BCUT2D eigenvalue weighted by molar-refractivity contribution is -0.122. The maximum Gasteiger partial charge on any atom is 0.238 e. The minimum Gasteiger partial charge on any atom is -0.325 e. The highest BCUT2D eigenvalue weighted by atomic mass is 79.9. The molecule has 0 aromatic heterocycles. The molecule has 1 aliphatic heterocycles. The normalized spacial score (nSPS) is 16.9. The first-order valence-electron chi connectivity index (χ1n) is 6.83. The Morgan fingerprint density at radius 3 is 2.40 bits per heavy atom. The average Bonchev–Trinajstić information content (AvgIpc) is 2.42. The maximum atomic E-state index is 11.9. The Morgan fingerprint density at radius 1 is 1.25 bits per heavy atom. The molecular formula is C15H19BrN2O2. The molecule has 0 unspecified atom stereocenters. The van der Waals surface area contributed by atoms with Crippen molar-refractivity contribution in [1.82, 2.24) is 4.90 Å². The Kier molecular flexibility index (Phi) is 5.31. The van der Waals surface area contributed by atoms with Gasteiger partial charge in [-0.1, -0.05) is 15.9 Å². The number of nitrogens with one attached hydrogen (secondary N) is 1. The number of amides is 1. The molecule has 0 bridgehead atoms. The van der Waals surface area contributed by atoms with E-state index in [1.54, 1.807) is 6.92 Å². The van der Waals surface area contributed by atoms with E-state index in [1.165, 1.54) is 0 Å². The average molecular weight is 339 g/mol. The van der Waals surface area contributed by atoms with Gasteiger partial charge in [0.05, 0.1) is 6.54 Å². The Morgan fingerprint density at radius 2 is 1.85 bits per heavy atom. The van der Waals surface area contributed by atoms with Gasteiger partial charge in [-0.3, -0.25) is 14.5 Å². The van der Waals surface area contributed by atoms with Gasteiger partial charge < -0.3 is 5.32 Å². The predicted octanol–water partition coefficient (Wildman–Crippen LogP) is 2.69. The molecule has 0 saturated carbocycles. The molecule has 4 nitrogen and oxygen atoms in total. The largest absolute Gasteiger partial charge is 0.325 e. The Bertz CT molecular complexity index is 479. The van der Waals surface area contributed by atoms with Gasteiger partial charge in [-0.15, -0.1) is 0 Å². The van der Waals surface area contributed by atoms with E-state index in [9.17, 15) is 9.59 Å². The molecule has 2 rings (SSSR count). The smallest absolute Gasteiger partial charge is 0.238 e. The molecule has 20 heavy (non-hydrogen) atoms. The van der Waals surface area contributed by atoms with Crippen molar-refractivity contribution in [1.29, 1.82) is 0 Å². The van der Waals surface area contributed by atoms with E-state index in [0.717, 1.165) is 36.1 Å². The molecule has 0 radical (unpaired) electrons. The predicted molar refractivity (Wildman–Crippen MR) is 82.6 cm³/mol. The number of halogens is 1. The van der Waals surface area contributed by atoms with Crippen LogP contribution in [0.1, 0.15) is 19.8 Å². The number of nitrogens with zero attached hydrogens (tertiary/aromatic N) is 1. The molecule has 5 heteroatoms. The van der Waals surface area contributed by atoms with Crippen LogP contribution in [0.5, 0.6) is 0 Å². The number of Topliss-reactive ketones (excluding diaryl/α,β-unsaturated/α-hetero) is 1. The molecule has 1 heterocycles. The third kappa shape index (κ3) is 4.42. The fourth-order valence-electron chi connectivity index (χ4n) is 2.43. The number of hydrogen-bond acceptors (Lipinski definition) is 3. The Labute approximate surface area is 127 Å². The molecular weight excluding hydrogens is 320 g/mol. The molecule has 1 fully saturated rings. The molecule has 1 amide bonds. The summed E-state index contributed by atoms with van der Waals surface area (Å²) in [5.74, 6) is 0.443. The third-order valence-electron chi connectivity index (χ3n) is 3.66. The van der Waals surface area contributed by atoms with Crippen molar-refractivity contribution in [2.45, 2.75) is 19.8 Å². The SMILES string of the molecule is CC(=O)C1CCN(CC(=O)Nc2ccc(Br)cc2)CC1. The summed E-state index contributed by atoms with van der Waals surface area (Å²) in [6, 6.07) is 7.52. The molecule has 0 spiro atoms. The summed E-state index contributed by atoms with van der Waals surface area (Å²) in [5, 5.41) is 2.88. The molecule has 1 aromatic carbocycles. The van der Waals surface area contributed by atoms with Gasteiger partial charge in [0.2, 0.25) is 5.91 Å². The van der Waals surface area contributed by atoms with E-state index in [-0.39, 0.29) is 17.6 Å². The Hall–Kier alpha value is -1.20. The number of hydrogen-bond donors (Lipinski definition) is 1. The summed E-state index contributed by atoms with van der Waals surface area (Å²) in [5.41, 5.74) is 0.803. The number of rotatable bonds is 4. The highest BCUT2D eigenvalue weighted by molar-refractivity contribution is 9.10. The van der Waals surface area contributed by atoms with Crippen molar-refractivity contribution in [3.63, 3.8) is 0 Å². The zero-order chi connectivity index (χ0) is 14.5. The molecule has 1 saturated heterocycles. The maximum absolute atomic E-state index is 11.9.